The van der Waals surface area contributed by atoms with E-state index >= 15 is 0 Å². The summed E-state index contributed by atoms with van der Waals surface area (Å²) in [6, 6.07) is 7.60. The zero-order valence-corrected chi connectivity index (χ0v) is 14.9. The summed E-state index contributed by atoms with van der Waals surface area (Å²) < 4.78 is 5.42. The SMILES string of the molecule is CCCCC(C)NC(=O)C1CC(=O)N(c2ccc(OCC)cc2)C1. The number of hydrogen-bond acceptors (Lipinski definition) is 3. The highest BCUT2D eigenvalue weighted by atomic mass is 16.5. The Hall–Kier alpha value is -2.04. The molecule has 5 heteroatoms. The van der Waals surface area contributed by atoms with E-state index in [0.29, 0.717) is 13.2 Å². The third-order valence-electron chi connectivity index (χ3n) is 4.33. The second kappa shape index (κ2) is 8.71. The Labute approximate surface area is 144 Å². The van der Waals surface area contributed by atoms with Gasteiger partial charge in [0.25, 0.3) is 0 Å². The molecule has 1 saturated heterocycles. The fourth-order valence-electron chi connectivity index (χ4n) is 2.96. The topological polar surface area (TPSA) is 58.6 Å². The first-order valence-electron chi connectivity index (χ1n) is 8.88. The predicted octanol–water partition coefficient (Wildman–Crippen LogP) is 3.13. The predicted molar refractivity (Wildman–Crippen MR) is 95.2 cm³/mol. The molecule has 132 valence electrons. The third-order valence-corrected chi connectivity index (χ3v) is 4.33. The number of amides is 2. The zero-order valence-electron chi connectivity index (χ0n) is 14.9. The Kier molecular flexibility index (Phi) is 6.64. The van der Waals surface area contributed by atoms with Crippen LogP contribution >= 0.6 is 0 Å². The highest BCUT2D eigenvalue weighted by Crippen LogP contribution is 2.27. The van der Waals surface area contributed by atoms with E-state index in [1.54, 1.807) is 4.90 Å². The van der Waals surface area contributed by atoms with E-state index in [1.807, 2.05) is 38.1 Å². The van der Waals surface area contributed by atoms with E-state index in [9.17, 15) is 9.59 Å². The van der Waals surface area contributed by atoms with Gasteiger partial charge in [-0.3, -0.25) is 9.59 Å². The van der Waals surface area contributed by atoms with Crippen LogP contribution in [0, 0.1) is 5.92 Å². The second-order valence-corrected chi connectivity index (χ2v) is 6.38. The molecule has 0 spiro atoms. The van der Waals surface area contributed by atoms with Crippen molar-refractivity contribution >= 4 is 17.5 Å². The van der Waals surface area contributed by atoms with Crippen LogP contribution in [0.4, 0.5) is 5.69 Å². The normalized spacial score (nSPS) is 18.5. The maximum Gasteiger partial charge on any atom is 0.227 e. The highest BCUT2D eigenvalue weighted by molar-refractivity contribution is 6.00. The zero-order chi connectivity index (χ0) is 17.5. The van der Waals surface area contributed by atoms with Gasteiger partial charge < -0.3 is 15.0 Å². The molecule has 24 heavy (non-hydrogen) atoms. The average Bonchev–Trinajstić information content (AvgIpc) is 2.96. The number of anilines is 1. The van der Waals surface area contributed by atoms with Gasteiger partial charge in [0.05, 0.1) is 12.5 Å². The van der Waals surface area contributed by atoms with Crippen molar-refractivity contribution in [3.63, 3.8) is 0 Å². The van der Waals surface area contributed by atoms with E-state index < -0.39 is 0 Å². The van der Waals surface area contributed by atoms with Gasteiger partial charge in [0, 0.05) is 24.7 Å². The van der Waals surface area contributed by atoms with Gasteiger partial charge in [-0.25, -0.2) is 0 Å². The Morgan fingerprint density at radius 2 is 2.04 bits per heavy atom. The van der Waals surface area contributed by atoms with Gasteiger partial charge in [-0.05, 0) is 44.5 Å². The van der Waals surface area contributed by atoms with Crippen molar-refractivity contribution in [2.45, 2.75) is 52.5 Å². The van der Waals surface area contributed by atoms with Crippen molar-refractivity contribution in [2.24, 2.45) is 5.92 Å². The van der Waals surface area contributed by atoms with E-state index in [-0.39, 0.29) is 30.2 Å². The lowest BCUT2D eigenvalue weighted by Crippen LogP contribution is -2.38. The van der Waals surface area contributed by atoms with Gasteiger partial charge in [0.2, 0.25) is 11.8 Å². The maximum absolute atomic E-state index is 12.4. The summed E-state index contributed by atoms with van der Waals surface area (Å²) in [6.07, 6.45) is 3.47. The number of ether oxygens (including phenoxy) is 1. The Bertz CT molecular complexity index is 556. The molecule has 2 atom stereocenters. The molecule has 5 nitrogen and oxygen atoms in total. The quantitative estimate of drug-likeness (QED) is 0.795. The van der Waals surface area contributed by atoms with Crippen LogP contribution in [0.2, 0.25) is 0 Å². The summed E-state index contributed by atoms with van der Waals surface area (Å²) >= 11 is 0. The number of unbranched alkanes of at least 4 members (excludes halogenated alkanes) is 1. The summed E-state index contributed by atoms with van der Waals surface area (Å²) in [5.74, 6) is 0.501. The number of nitrogens with one attached hydrogen (secondary N) is 1. The fraction of sp³-hybridized carbons (Fsp3) is 0.579. The molecule has 1 aliphatic heterocycles. The van der Waals surface area contributed by atoms with Gasteiger partial charge in [-0.1, -0.05) is 19.8 Å². The Morgan fingerprint density at radius 3 is 2.67 bits per heavy atom. The number of rotatable bonds is 8. The van der Waals surface area contributed by atoms with Gasteiger partial charge in [0.15, 0.2) is 0 Å². The van der Waals surface area contributed by atoms with E-state index in [2.05, 4.69) is 12.2 Å². The minimum Gasteiger partial charge on any atom is -0.494 e. The molecule has 0 bridgehead atoms. The van der Waals surface area contributed by atoms with Crippen LogP contribution in [0.3, 0.4) is 0 Å². The Morgan fingerprint density at radius 1 is 1.33 bits per heavy atom. The highest BCUT2D eigenvalue weighted by Gasteiger charge is 2.35. The van der Waals surface area contributed by atoms with Gasteiger partial charge in [0.1, 0.15) is 5.75 Å². The van der Waals surface area contributed by atoms with Gasteiger partial charge >= 0.3 is 0 Å². The Balaban J connectivity index is 1.93. The van der Waals surface area contributed by atoms with Crippen molar-refractivity contribution in [3.8, 4) is 5.75 Å². The maximum atomic E-state index is 12.4. The summed E-state index contributed by atoms with van der Waals surface area (Å²) in [4.78, 5) is 26.3. The van der Waals surface area contributed by atoms with Crippen molar-refractivity contribution in [2.75, 3.05) is 18.1 Å². The number of benzene rings is 1. The van der Waals surface area contributed by atoms with Crippen molar-refractivity contribution in [3.05, 3.63) is 24.3 Å². The van der Waals surface area contributed by atoms with Crippen molar-refractivity contribution in [1.29, 1.82) is 0 Å². The first kappa shape index (κ1) is 18.3. The second-order valence-electron chi connectivity index (χ2n) is 6.38. The molecule has 0 aliphatic carbocycles. The van der Waals surface area contributed by atoms with Crippen LogP contribution in [-0.2, 0) is 9.59 Å². The number of carbonyl (C=O) groups excluding carboxylic acids is 2. The molecule has 1 aromatic rings. The summed E-state index contributed by atoms with van der Waals surface area (Å²) in [7, 11) is 0. The minimum atomic E-state index is -0.270. The monoisotopic (exact) mass is 332 g/mol. The number of nitrogens with zero attached hydrogens (tertiary/aromatic N) is 1. The van der Waals surface area contributed by atoms with E-state index in [1.165, 1.54) is 0 Å². The first-order valence-corrected chi connectivity index (χ1v) is 8.88. The van der Waals surface area contributed by atoms with Crippen LogP contribution in [0.15, 0.2) is 24.3 Å². The molecule has 1 fully saturated rings. The summed E-state index contributed by atoms with van der Waals surface area (Å²) in [6.45, 7) is 7.15. The summed E-state index contributed by atoms with van der Waals surface area (Å²) in [5, 5.41) is 3.04. The number of carbonyl (C=O) groups is 2. The first-order chi connectivity index (χ1) is 11.5. The van der Waals surface area contributed by atoms with E-state index in [0.717, 1.165) is 30.7 Å². The summed E-state index contributed by atoms with van der Waals surface area (Å²) in [5.41, 5.74) is 0.817. The van der Waals surface area contributed by atoms with Crippen LogP contribution in [0.5, 0.6) is 5.75 Å². The van der Waals surface area contributed by atoms with Crippen molar-refractivity contribution in [1.82, 2.24) is 5.32 Å². The molecule has 1 aromatic carbocycles. The third kappa shape index (κ3) is 4.73. The average molecular weight is 332 g/mol. The molecular formula is C19H28N2O3. The van der Waals surface area contributed by atoms with Crippen LogP contribution < -0.4 is 15.0 Å². The minimum absolute atomic E-state index is 0.000483. The molecule has 1 N–H and O–H groups in total. The van der Waals surface area contributed by atoms with Crippen LogP contribution in [0.25, 0.3) is 0 Å². The molecule has 2 amide bonds. The molecule has 0 radical (unpaired) electrons. The van der Waals surface area contributed by atoms with Crippen LogP contribution in [0.1, 0.15) is 46.5 Å². The molecular weight excluding hydrogens is 304 g/mol. The molecule has 1 heterocycles. The lowest BCUT2D eigenvalue weighted by molar-refractivity contribution is -0.126. The molecule has 0 saturated carbocycles. The molecule has 0 aromatic heterocycles. The molecule has 2 rings (SSSR count). The van der Waals surface area contributed by atoms with Crippen molar-refractivity contribution < 1.29 is 14.3 Å². The largest absolute Gasteiger partial charge is 0.494 e. The standard InChI is InChI=1S/C19H28N2O3/c1-4-6-7-14(3)20-19(23)15-12-18(22)21(13-15)16-8-10-17(11-9-16)24-5-2/h8-11,14-15H,4-7,12-13H2,1-3H3,(H,20,23). The van der Waals surface area contributed by atoms with Crippen LogP contribution in [-0.4, -0.2) is 31.0 Å². The van der Waals surface area contributed by atoms with Gasteiger partial charge in [-0.2, -0.15) is 0 Å². The van der Waals surface area contributed by atoms with Gasteiger partial charge in [-0.15, -0.1) is 0 Å². The molecule has 1 aliphatic rings. The molecule has 2 unspecified atom stereocenters. The fourth-order valence-corrected chi connectivity index (χ4v) is 2.96. The van der Waals surface area contributed by atoms with E-state index in [4.69, 9.17) is 4.74 Å². The smallest absolute Gasteiger partial charge is 0.227 e. The lowest BCUT2D eigenvalue weighted by Gasteiger charge is -2.18. The number of hydrogen-bond donors (Lipinski definition) is 1. The lowest BCUT2D eigenvalue weighted by atomic mass is 10.1.